The maximum Gasteiger partial charge on any atom is 0.325 e. The van der Waals surface area contributed by atoms with Gasteiger partial charge in [0.2, 0.25) is 0 Å². The molecule has 0 unspecified atom stereocenters. The monoisotopic (exact) mass is 299 g/mol. The van der Waals surface area contributed by atoms with E-state index in [1.54, 1.807) is 18.4 Å². The number of carboxylic acids is 1. The molecule has 0 saturated heterocycles. The summed E-state index contributed by atoms with van der Waals surface area (Å²) in [7, 11) is 1.64. The van der Waals surface area contributed by atoms with Crippen LogP contribution in [0.4, 0.5) is 4.79 Å². The number of carbonyl (C=O) groups is 2. The van der Waals surface area contributed by atoms with Crippen LogP contribution in [0.5, 0.6) is 0 Å². The number of hydrogen-bond donors (Lipinski definition) is 2. The first kappa shape index (κ1) is 16.4. The Morgan fingerprint density at radius 2 is 2.10 bits per heavy atom. The molecule has 2 N–H and O–H groups in total. The Morgan fingerprint density at radius 3 is 2.60 bits per heavy atom. The third kappa shape index (κ3) is 4.80. The van der Waals surface area contributed by atoms with Crippen LogP contribution in [0.3, 0.4) is 0 Å². The highest BCUT2D eigenvalue weighted by Crippen LogP contribution is 2.19. The molecule has 20 heavy (non-hydrogen) atoms. The fraction of sp³-hybridized carbons (Fsp3) is 0.615. The van der Waals surface area contributed by atoms with Crippen molar-refractivity contribution in [1.82, 2.24) is 15.2 Å². The van der Waals surface area contributed by atoms with E-state index in [2.05, 4.69) is 24.1 Å². The van der Waals surface area contributed by atoms with Crippen molar-refractivity contribution in [2.24, 2.45) is 0 Å². The van der Waals surface area contributed by atoms with E-state index in [0.29, 0.717) is 18.9 Å². The zero-order chi connectivity index (χ0) is 15.3. The molecule has 0 radical (unpaired) electrons. The summed E-state index contributed by atoms with van der Waals surface area (Å²) in [6.45, 7) is 6.12. The molecule has 1 rings (SSSR count). The number of likely N-dealkylation sites (N-methyl/N-ethyl adjacent to an activating group) is 1. The summed E-state index contributed by atoms with van der Waals surface area (Å²) in [4.78, 5) is 28.4. The normalized spacial score (nSPS) is 12.2. The molecular weight excluding hydrogens is 278 g/mol. The van der Waals surface area contributed by atoms with Gasteiger partial charge in [0.15, 0.2) is 0 Å². The van der Waals surface area contributed by atoms with Gasteiger partial charge >= 0.3 is 12.0 Å². The number of aliphatic carboxylic acids is 1. The predicted molar refractivity (Wildman–Crippen MR) is 78.2 cm³/mol. The molecule has 0 aliphatic carbocycles. The SMILES string of the molecule is CC(C)c1nc(CCN(C)C(=O)N[C@@H](C)C(=O)O)cs1. The summed E-state index contributed by atoms with van der Waals surface area (Å²) < 4.78 is 0. The molecule has 0 aliphatic rings. The Hall–Kier alpha value is -1.63. The second-order valence-corrected chi connectivity index (χ2v) is 5.90. The van der Waals surface area contributed by atoms with Crippen LogP contribution in [0.15, 0.2) is 5.38 Å². The minimum absolute atomic E-state index is 0.390. The minimum atomic E-state index is -1.05. The molecule has 6 nitrogen and oxygen atoms in total. The molecule has 0 fully saturated rings. The van der Waals surface area contributed by atoms with Crippen molar-refractivity contribution < 1.29 is 14.7 Å². The molecule has 112 valence electrons. The maximum atomic E-state index is 11.7. The largest absolute Gasteiger partial charge is 0.480 e. The second kappa shape index (κ2) is 7.23. The van der Waals surface area contributed by atoms with Crippen LogP contribution < -0.4 is 5.32 Å². The smallest absolute Gasteiger partial charge is 0.325 e. The standard InChI is InChI=1S/C13H21N3O3S/c1-8(2)11-15-10(7-20-11)5-6-16(4)13(19)14-9(3)12(17)18/h7-9H,5-6H2,1-4H3,(H,14,19)(H,17,18)/t9-/m0/s1. The second-order valence-electron chi connectivity index (χ2n) is 5.01. The highest BCUT2D eigenvalue weighted by atomic mass is 32.1. The number of aromatic nitrogens is 1. The van der Waals surface area contributed by atoms with Crippen molar-refractivity contribution in [3.8, 4) is 0 Å². The zero-order valence-electron chi connectivity index (χ0n) is 12.2. The maximum absolute atomic E-state index is 11.7. The summed E-state index contributed by atoms with van der Waals surface area (Å²) in [6, 6.07) is -1.28. The predicted octanol–water partition coefficient (Wildman–Crippen LogP) is 1.92. The lowest BCUT2D eigenvalue weighted by molar-refractivity contribution is -0.138. The van der Waals surface area contributed by atoms with E-state index in [4.69, 9.17) is 5.11 Å². The molecule has 1 aromatic heterocycles. The molecule has 0 spiro atoms. The molecular formula is C13H21N3O3S. The molecule has 0 saturated carbocycles. The first-order valence-corrected chi connectivity index (χ1v) is 7.38. The number of urea groups is 1. The fourth-order valence-corrected chi connectivity index (χ4v) is 2.31. The van der Waals surface area contributed by atoms with Crippen LogP contribution in [0.2, 0.25) is 0 Å². The van der Waals surface area contributed by atoms with E-state index in [0.717, 1.165) is 10.7 Å². The summed E-state index contributed by atoms with van der Waals surface area (Å²) in [5, 5.41) is 14.2. The Kier molecular flexibility index (Phi) is 5.94. The Labute approximate surface area is 122 Å². The summed E-state index contributed by atoms with van der Waals surface area (Å²) in [5.41, 5.74) is 0.963. The first-order chi connectivity index (χ1) is 9.31. The molecule has 1 aromatic rings. The van der Waals surface area contributed by atoms with Gasteiger partial charge in [0.25, 0.3) is 0 Å². The van der Waals surface area contributed by atoms with Gasteiger partial charge in [0, 0.05) is 31.3 Å². The van der Waals surface area contributed by atoms with Gasteiger partial charge in [-0.15, -0.1) is 11.3 Å². The van der Waals surface area contributed by atoms with Gasteiger partial charge in [-0.2, -0.15) is 0 Å². The molecule has 7 heteroatoms. The van der Waals surface area contributed by atoms with Crippen molar-refractivity contribution in [3.05, 3.63) is 16.1 Å². The van der Waals surface area contributed by atoms with Crippen molar-refractivity contribution in [2.45, 2.75) is 39.2 Å². The number of rotatable bonds is 6. The Balaban J connectivity index is 2.43. The molecule has 0 aliphatic heterocycles. The van der Waals surface area contributed by atoms with Gasteiger partial charge < -0.3 is 15.3 Å². The molecule has 0 bridgehead atoms. The van der Waals surface area contributed by atoms with Gasteiger partial charge in [0.05, 0.1) is 10.7 Å². The van der Waals surface area contributed by atoms with Crippen LogP contribution in [-0.2, 0) is 11.2 Å². The lowest BCUT2D eigenvalue weighted by Gasteiger charge is -2.19. The van der Waals surface area contributed by atoms with Crippen molar-refractivity contribution in [2.75, 3.05) is 13.6 Å². The number of amides is 2. The van der Waals surface area contributed by atoms with E-state index in [1.807, 2.05) is 5.38 Å². The minimum Gasteiger partial charge on any atom is -0.480 e. The third-order valence-corrected chi connectivity index (χ3v) is 4.02. The van der Waals surface area contributed by atoms with Gasteiger partial charge in [-0.05, 0) is 6.92 Å². The number of thiazole rings is 1. The number of carboxylic acid groups (broad SMARTS) is 1. The van der Waals surface area contributed by atoms with Crippen molar-refractivity contribution in [3.63, 3.8) is 0 Å². The zero-order valence-corrected chi connectivity index (χ0v) is 13.0. The lowest BCUT2D eigenvalue weighted by atomic mass is 10.2. The molecule has 1 atom stereocenters. The van der Waals surface area contributed by atoms with E-state index in [1.165, 1.54) is 11.8 Å². The topological polar surface area (TPSA) is 82.5 Å². The van der Waals surface area contributed by atoms with E-state index >= 15 is 0 Å². The summed E-state index contributed by atoms with van der Waals surface area (Å²) >= 11 is 1.62. The summed E-state index contributed by atoms with van der Waals surface area (Å²) in [6.07, 6.45) is 0.661. The van der Waals surface area contributed by atoms with Crippen LogP contribution in [0.25, 0.3) is 0 Å². The first-order valence-electron chi connectivity index (χ1n) is 6.50. The quantitative estimate of drug-likeness (QED) is 0.840. The lowest BCUT2D eigenvalue weighted by Crippen LogP contribution is -2.45. The van der Waals surface area contributed by atoms with Crippen molar-refractivity contribution in [1.29, 1.82) is 0 Å². The van der Waals surface area contributed by atoms with Gasteiger partial charge in [-0.25, -0.2) is 9.78 Å². The van der Waals surface area contributed by atoms with Crippen LogP contribution in [-0.4, -0.2) is 46.6 Å². The molecule has 1 heterocycles. The average molecular weight is 299 g/mol. The molecule has 0 aromatic carbocycles. The van der Waals surface area contributed by atoms with Crippen molar-refractivity contribution >= 4 is 23.3 Å². The van der Waals surface area contributed by atoms with Gasteiger partial charge in [-0.1, -0.05) is 13.8 Å². The van der Waals surface area contributed by atoms with Crippen LogP contribution >= 0.6 is 11.3 Å². The third-order valence-electron chi connectivity index (χ3n) is 2.82. The number of hydrogen-bond acceptors (Lipinski definition) is 4. The highest BCUT2D eigenvalue weighted by molar-refractivity contribution is 7.09. The molecule has 2 amide bonds. The Bertz CT molecular complexity index is 473. The number of nitrogens with zero attached hydrogens (tertiary/aromatic N) is 2. The van der Waals surface area contributed by atoms with E-state index in [9.17, 15) is 9.59 Å². The van der Waals surface area contributed by atoms with Gasteiger partial charge in [-0.3, -0.25) is 4.79 Å². The van der Waals surface area contributed by atoms with E-state index in [-0.39, 0.29) is 6.03 Å². The Morgan fingerprint density at radius 1 is 1.45 bits per heavy atom. The number of carbonyl (C=O) groups excluding carboxylic acids is 1. The van der Waals surface area contributed by atoms with Crippen LogP contribution in [0, 0.1) is 0 Å². The summed E-state index contributed by atoms with van der Waals surface area (Å²) in [5.74, 6) is -0.640. The average Bonchev–Trinajstić information content (AvgIpc) is 2.84. The fourth-order valence-electron chi connectivity index (χ4n) is 1.44. The van der Waals surface area contributed by atoms with Crippen LogP contribution in [0.1, 0.15) is 37.4 Å². The number of nitrogens with one attached hydrogen (secondary N) is 1. The van der Waals surface area contributed by atoms with E-state index < -0.39 is 12.0 Å². The van der Waals surface area contributed by atoms with Gasteiger partial charge in [0.1, 0.15) is 6.04 Å². The highest BCUT2D eigenvalue weighted by Gasteiger charge is 2.17.